The van der Waals surface area contributed by atoms with Crippen molar-refractivity contribution in [2.45, 2.75) is 46.5 Å². The molecule has 5 nitrogen and oxygen atoms in total. The van der Waals surface area contributed by atoms with Crippen molar-refractivity contribution in [2.24, 2.45) is 16.7 Å². The summed E-state index contributed by atoms with van der Waals surface area (Å²) in [5, 5.41) is 0. The van der Waals surface area contributed by atoms with E-state index < -0.39 is 10.1 Å². The van der Waals surface area contributed by atoms with E-state index in [9.17, 15) is 13.2 Å². The topological polar surface area (TPSA) is 69.7 Å². The van der Waals surface area contributed by atoms with E-state index in [1.54, 1.807) is 0 Å². The summed E-state index contributed by atoms with van der Waals surface area (Å²) in [4.78, 5) is 11.9. The first-order valence-electron chi connectivity index (χ1n) is 6.96. The molecule has 1 aliphatic carbocycles. The number of methoxy groups -OCH3 is 1. The SMILES string of the molecule is COC(=O)C1CCC(C)(CCCOS(C)(=O)=O)C1(C)C. The molecule has 0 N–H and O–H groups in total. The molecule has 0 aliphatic heterocycles. The maximum atomic E-state index is 11.9. The summed E-state index contributed by atoms with van der Waals surface area (Å²) in [5.41, 5.74) is -0.169. The molecule has 2 atom stereocenters. The van der Waals surface area contributed by atoms with E-state index in [4.69, 9.17) is 8.92 Å². The quantitative estimate of drug-likeness (QED) is 0.428. The number of esters is 1. The Morgan fingerprint density at radius 2 is 1.90 bits per heavy atom. The van der Waals surface area contributed by atoms with Crippen LogP contribution in [0.1, 0.15) is 46.5 Å². The standard InChI is InChI=1S/C14H26O5S/c1-13(2)11(12(15)18-4)7-9-14(13,3)8-6-10-19-20(5,16)17/h11H,6-10H2,1-5H3. The third-order valence-electron chi connectivity index (χ3n) is 5.07. The van der Waals surface area contributed by atoms with Crippen molar-refractivity contribution in [1.29, 1.82) is 0 Å². The first-order chi connectivity index (χ1) is 9.03. The second kappa shape index (κ2) is 6.02. The molecule has 0 saturated heterocycles. The normalized spacial score (nSPS) is 29.4. The minimum atomic E-state index is -3.37. The van der Waals surface area contributed by atoms with Gasteiger partial charge in [0.1, 0.15) is 0 Å². The number of carbonyl (C=O) groups is 1. The molecule has 118 valence electrons. The number of hydrogen-bond acceptors (Lipinski definition) is 5. The second-order valence-corrected chi connectivity index (χ2v) is 8.17. The average Bonchev–Trinajstić information content (AvgIpc) is 2.55. The summed E-state index contributed by atoms with van der Waals surface area (Å²) in [7, 11) is -1.95. The van der Waals surface area contributed by atoms with E-state index in [1.165, 1.54) is 7.11 Å². The maximum absolute atomic E-state index is 11.9. The summed E-state index contributed by atoms with van der Waals surface area (Å²) < 4.78 is 31.5. The van der Waals surface area contributed by atoms with Gasteiger partial charge in [-0.1, -0.05) is 20.8 Å². The molecule has 0 heterocycles. The first kappa shape index (κ1) is 17.4. The van der Waals surface area contributed by atoms with E-state index >= 15 is 0 Å². The fourth-order valence-corrected chi connectivity index (χ4v) is 3.66. The molecule has 1 saturated carbocycles. The number of carbonyl (C=O) groups excluding carboxylic acids is 1. The van der Waals surface area contributed by atoms with Gasteiger partial charge in [-0.15, -0.1) is 0 Å². The second-order valence-electron chi connectivity index (χ2n) is 6.53. The number of rotatable bonds is 6. The third kappa shape index (κ3) is 3.73. The van der Waals surface area contributed by atoms with Gasteiger partial charge >= 0.3 is 5.97 Å². The fraction of sp³-hybridized carbons (Fsp3) is 0.929. The molecule has 6 heteroatoms. The zero-order valence-electron chi connectivity index (χ0n) is 13.1. The lowest BCUT2D eigenvalue weighted by Gasteiger charge is -2.41. The van der Waals surface area contributed by atoms with Gasteiger partial charge in [-0.25, -0.2) is 0 Å². The lowest BCUT2D eigenvalue weighted by Crippen LogP contribution is -2.38. The van der Waals surface area contributed by atoms with Crippen molar-refractivity contribution in [3.8, 4) is 0 Å². The largest absolute Gasteiger partial charge is 0.469 e. The molecule has 1 rings (SSSR count). The van der Waals surface area contributed by atoms with Crippen LogP contribution in [-0.2, 0) is 23.8 Å². The maximum Gasteiger partial charge on any atom is 0.309 e. The van der Waals surface area contributed by atoms with E-state index in [0.29, 0.717) is 6.42 Å². The third-order valence-corrected chi connectivity index (χ3v) is 5.66. The van der Waals surface area contributed by atoms with Crippen LogP contribution in [0, 0.1) is 16.7 Å². The Hall–Kier alpha value is -0.620. The summed E-state index contributed by atoms with van der Waals surface area (Å²) >= 11 is 0. The van der Waals surface area contributed by atoms with Crippen LogP contribution in [0.4, 0.5) is 0 Å². The molecule has 1 aliphatic rings. The Kier molecular flexibility index (Phi) is 5.24. The average molecular weight is 306 g/mol. The highest BCUT2D eigenvalue weighted by atomic mass is 32.2. The molecule has 2 unspecified atom stereocenters. The van der Waals surface area contributed by atoms with Crippen molar-refractivity contribution in [2.75, 3.05) is 20.0 Å². The predicted molar refractivity (Wildman–Crippen MR) is 76.7 cm³/mol. The minimum Gasteiger partial charge on any atom is -0.469 e. The highest BCUT2D eigenvalue weighted by Crippen LogP contribution is 2.58. The molecular formula is C14H26O5S. The van der Waals surface area contributed by atoms with Gasteiger partial charge in [0.15, 0.2) is 0 Å². The molecular weight excluding hydrogens is 280 g/mol. The zero-order chi connectivity index (χ0) is 15.6. The van der Waals surface area contributed by atoms with E-state index in [2.05, 4.69) is 20.8 Å². The Morgan fingerprint density at radius 1 is 1.30 bits per heavy atom. The Balaban J connectivity index is 2.63. The van der Waals surface area contributed by atoms with E-state index in [0.717, 1.165) is 25.5 Å². The molecule has 0 amide bonds. The molecule has 0 spiro atoms. The summed E-state index contributed by atoms with van der Waals surface area (Å²) in [6, 6.07) is 0. The smallest absolute Gasteiger partial charge is 0.309 e. The van der Waals surface area contributed by atoms with Crippen LogP contribution >= 0.6 is 0 Å². The van der Waals surface area contributed by atoms with Gasteiger partial charge in [-0.3, -0.25) is 8.98 Å². The lowest BCUT2D eigenvalue weighted by atomic mass is 9.64. The van der Waals surface area contributed by atoms with Gasteiger partial charge in [0.2, 0.25) is 0 Å². The fourth-order valence-electron chi connectivity index (χ4n) is 3.24. The molecule has 0 aromatic carbocycles. The van der Waals surface area contributed by atoms with Crippen molar-refractivity contribution < 1.29 is 22.1 Å². The van der Waals surface area contributed by atoms with Crippen molar-refractivity contribution in [3.05, 3.63) is 0 Å². The van der Waals surface area contributed by atoms with Gasteiger partial charge in [0, 0.05) is 0 Å². The van der Waals surface area contributed by atoms with Crippen LogP contribution in [-0.4, -0.2) is 34.4 Å². The number of ether oxygens (including phenoxy) is 1. The summed E-state index contributed by atoms with van der Waals surface area (Å²) in [6.07, 6.45) is 4.33. The van der Waals surface area contributed by atoms with Crippen LogP contribution in [0.5, 0.6) is 0 Å². The highest BCUT2D eigenvalue weighted by molar-refractivity contribution is 7.85. The van der Waals surface area contributed by atoms with Crippen LogP contribution < -0.4 is 0 Å². The predicted octanol–water partition coefficient (Wildman–Crippen LogP) is 2.36. The van der Waals surface area contributed by atoms with Crippen LogP contribution in [0.25, 0.3) is 0 Å². The Morgan fingerprint density at radius 3 is 2.40 bits per heavy atom. The molecule has 0 bridgehead atoms. The summed E-state index contributed by atoms with van der Waals surface area (Å²) in [5.74, 6) is -0.237. The van der Waals surface area contributed by atoms with E-state index in [-0.39, 0.29) is 29.3 Å². The molecule has 0 aromatic rings. The van der Waals surface area contributed by atoms with Crippen LogP contribution in [0.2, 0.25) is 0 Å². The van der Waals surface area contributed by atoms with Gasteiger partial charge in [-0.2, -0.15) is 8.42 Å². The molecule has 0 aromatic heterocycles. The molecule has 0 radical (unpaired) electrons. The van der Waals surface area contributed by atoms with Gasteiger partial charge in [0.25, 0.3) is 10.1 Å². The van der Waals surface area contributed by atoms with Crippen molar-refractivity contribution in [3.63, 3.8) is 0 Å². The Labute approximate surface area is 122 Å². The van der Waals surface area contributed by atoms with Gasteiger partial charge in [0.05, 0.1) is 25.9 Å². The zero-order valence-corrected chi connectivity index (χ0v) is 13.9. The van der Waals surface area contributed by atoms with Crippen LogP contribution in [0.3, 0.4) is 0 Å². The van der Waals surface area contributed by atoms with Crippen molar-refractivity contribution >= 4 is 16.1 Å². The Bertz CT molecular complexity index is 454. The first-order valence-corrected chi connectivity index (χ1v) is 8.77. The highest BCUT2D eigenvalue weighted by Gasteiger charge is 2.53. The van der Waals surface area contributed by atoms with Crippen LogP contribution in [0.15, 0.2) is 0 Å². The molecule has 20 heavy (non-hydrogen) atoms. The van der Waals surface area contributed by atoms with Gasteiger partial charge < -0.3 is 4.74 Å². The minimum absolute atomic E-state index is 0.00722. The lowest BCUT2D eigenvalue weighted by molar-refractivity contribution is -0.150. The number of hydrogen-bond donors (Lipinski definition) is 0. The monoisotopic (exact) mass is 306 g/mol. The van der Waals surface area contributed by atoms with Gasteiger partial charge in [-0.05, 0) is 36.5 Å². The van der Waals surface area contributed by atoms with Crippen molar-refractivity contribution in [1.82, 2.24) is 0 Å². The summed E-state index contributed by atoms with van der Waals surface area (Å²) in [6.45, 7) is 6.56. The molecule has 1 fully saturated rings. The van der Waals surface area contributed by atoms with E-state index in [1.807, 2.05) is 0 Å².